The van der Waals surface area contributed by atoms with Crippen LogP contribution < -0.4 is 5.84 Å². The van der Waals surface area contributed by atoms with Gasteiger partial charge in [-0.1, -0.05) is 38.0 Å². The third-order valence-corrected chi connectivity index (χ3v) is 3.86. The van der Waals surface area contributed by atoms with E-state index in [0.29, 0.717) is 0 Å². The molecule has 0 aromatic rings. The maximum absolute atomic E-state index is 6.31. The molecule has 0 radical (unpaired) electrons. The fourth-order valence-electron chi connectivity index (χ4n) is 2.74. The van der Waals surface area contributed by atoms with Crippen molar-refractivity contribution in [2.24, 2.45) is 5.84 Å². The number of rotatable bonds is 5. The zero-order valence-electron chi connectivity index (χ0n) is 12.3. The molecule has 2 heterocycles. The van der Waals surface area contributed by atoms with Gasteiger partial charge in [-0.15, -0.1) is 0 Å². The molecule has 2 aliphatic rings. The van der Waals surface area contributed by atoms with E-state index in [9.17, 15) is 0 Å². The van der Waals surface area contributed by atoms with Gasteiger partial charge in [-0.3, -0.25) is 5.01 Å². The first kappa shape index (κ1) is 14.2. The molecule has 3 nitrogen and oxygen atoms in total. The summed E-state index contributed by atoms with van der Waals surface area (Å²) in [6, 6.07) is 0.206. The van der Waals surface area contributed by atoms with Gasteiger partial charge in [0.2, 0.25) is 0 Å². The Labute approximate surface area is 117 Å². The third-order valence-electron chi connectivity index (χ3n) is 3.86. The Morgan fingerprint density at radius 3 is 2.79 bits per heavy atom. The normalized spacial score (nSPS) is 24.1. The van der Waals surface area contributed by atoms with Crippen LogP contribution in [-0.2, 0) is 0 Å². The number of nitrogens with two attached hydrogens (primary N) is 1. The minimum absolute atomic E-state index is 0.206. The molecule has 2 aliphatic heterocycles. The van der Waals surface area contributed by atoms with Crippen molar-refractivity contribution >= 4 is 0 Å². The Kier molecular flexibility index (Phi) is 5.08. The van der Waals surface area contributed by atoms with Crippen LogP contribution in [0.3, 0.4) is 0 Å². The van der Waals surface area contributed by atoms with Crippen LogP contribution in [0.15, 0.2) is 35.7 Å². The highest BCUT2D eigenvalue weighted by atomic mass is 15.5. The molecule has 0 saturated carbocycles. The summed E-state index contributed by atoms with van der Waals surface area (Å²) >= 11 is 0. The number of allylic oxidation sites excluding steroid dienone is 3. The Bertz CT molecular complexity index is 375. The number of unbranched alkanes of at least 4 members (excludes halogenated alkanes) is 2. The van der Waals surface area contributed by atoms with Gasteiger partial charge in [-0.05, 0) is 37.8 Å². The molecule has 1 atom stereocenters. The average molecular weight is 261 g/mol. The molecule has 1 fully saturated rings. The first-order chi connectivity index (χ1) is 9.22. The fourth-order valence-corrected chi connectivity index (χ4v) is 2.74. The summed E-state index contributed by atoms with van der Waals surface area (Å²) in [6.45, 7) is 6.66. The van der Waals surface area contributed by atoms with E-state index < -0.39 is 0 Å². The smallest absolute Gasteiger partial charge is 0.119 e. The minimum Gasteiger partial charge on any atom is -0.357 e. The Morgan fingerprint density at radius 1 is 1.37 bits per heavy atom. The summed E-state index contributed by atoms with van der Waals surface area (Å²) in [4.78, 5) is 2.41. The fraction of sp³-hybridized carbons (Fsp3) is 0.625. The third kappa shape index (κ3) is 3.63. The van der Waals surface area contributed by atoms with E-state index in [2.05, 4.69) is 43.1 Å². The Hall–Kier alpha value is -1.22. The lowest BCUT2D eigenvalue weighted by Crippen LogP contribution is -2.45. The molecule has 0 amide bonds. The number of nitrogens with zero attached hydrogens (tertiary/aromatic N) is 2. The SMILES string of the molecule is CCCC/C=C/C1C=C(C)C=C(N2CCCC2)N1N. The highest BCUT2D eigenvalue weighted by Crippen LogP contribution is 2.24. The lowest BCUT2D eigenvalue weighted by atomic mass is 10.1. The van der Waals surface area contributed by atoms with E-state index in [1.165, 1.54) is 37.1 Å². The Morgan fingerprint density at radius 2 is 2.11 bits per heavy atom. The van der Waals surface area contributed by atoms with Crippen molar-refractivity contribution in [1.29, 1.82) is 0 Å². The number of hydrogen-bond donors (Lipinski definition) is 1. The molecule has 3 heteroatoms. The number of hydrazine groups is 1. The van der Waals surface area contributed by atoms with Crippen LogP contribution in [0.4, 0.5) is 0 Å². The van der Waals surface area contributed by atoms with E-state index >= 15 is 0 Å². The molecule has 1 unspecified atom stereocenters. The van der Waals surface area contributed by atoms with Crippen LogP contribution >= 0.6 is 0 Å². The molecule has 2 rings (SSSR count). The molecule has 0 bridgehead atoms. The van der Waals surface area contributed by atoms with Crippen molar-refractivity contribution in [3.63, 3.8) is 0 Å². The topological polar surface area (TPSA) is 32.5 Å². The van der Waals surface area contributed by atoms with E-state index in [1.54, 1.807) is 0 Å². The monoisotopic (exact) mass is 261 g/mol. The quantitative estimate of drug-likeness (QED) is 0.469. The van der Waals surface area contributed by atoms with Crippen molar-refractivity contribution in [1.82, 2.24) is 9.91 Å². The zero-order valence-corrected chi connectivity index (χ0v) is 12.3. The van der Waals surface area contributed by atoms with Gasteiger partial charge in [-0.2, -0.15) is 0 Å². The van der Waals surface area contributed by atoms with Crippen molar-refractivity contribution < 1.29 is 0 Å². The predicted octanol–water partition coefficient (Wildman–Crippen LogP) is 3.17. The second-order valence-electron chi connectivity index (χ2n) is 5.58. The molecule has 106 valence electrons. The maximum atomic E-state index is 6.31. The molecular weight excluding hydrogens is 234 g/mol. The minimum atomic E-state index is 0.206. The lowest BCUT2D eigenvalue weighted by molar-refractivity contribution is 0.223. The largest absolute Gasteiger partial charge is 0.357 e. The van der Waals surface area contributed by atoms with Crippen molar-refractivity contribution in [2.75, 3.05) is 13.1 Å². The van der Waals surface area contributed by atoms with Crippen LogP contribution in [0.2, 0.25) is 0 Å². The summed E-state index contributed by atoms with van der Waals surface area (Å²) in [6.07, 6.45) is 15.2. The van der Waals surface area contributed by atoms with E-state index in [1.807, 2.05) is 5.01 Å². The van der Waals surface area contributed by atoms with Gasteiger partial charge >= 0.3 is 0 Å². The van der Waals surface area contributed by atoms with E-state index in [4.69, 9.17) is 5.84 Å². The molecular formula is C16H27N3. The first-order valence-electron chi connectivity index (χ1n) is 7.58. The average Bonchev–Trinajstić information content (AvgIpc) is 2.92. The lowest BCUT2D eigenvalue weighted by Gasteiger charge is -2.36. The van der Waals surface area contributed by atoms with Crippen LogP contribution in [0, 0.1) is 0 Å². The van der Waals surface area contributed by atoms with Gasteiger partial charge in [0.1, 0.15) is 5.82 Å². The summed E-state index contributed by atoms with van der Waals surface area (Å²) < 4.78 is 0. The number of likely N-dealkylation sites (tertiary alicyclic amines) is 1. The molecule has 0 spiro atoms. The molecule has 19 heavy (non-hydrogen) atoms. The van der Waals surface area contributed by atoms with Gasteiger partial charge in [0.25, 0.3) is 0 Å². The summed E-state index contributed by atoms with van der Waals surface area (Å²) in [7, 11) is 0. The van der Waals surface area contributed by atoms with Crippen molar-refractivity contribution in [3.05, 3.63) is 35.7 Å². The van der Waals surface area contributed by atoms with Crippen molar-refractivity contribution in [3.8, 4) is 0 Å². The molecule has 0 aromatic carbocycles. The summed E-state index contributed by atoms with van der Waals surface area (Å²) in [5.41, 5.74) is 1.31. The summed E-state index contributed by atoms with van der Waals surface area (Å²) in [5.74, 6) is 7.49. The standard InChI is InChI=1S/C16H27N3/c1-3-4-5-6-9-15-12-14(2)13-16(19(15)17)18-10-7-8-11-18/h6,9,12-13,15H,3-5,7-8,10-11,17H2,1-2H3/b9-6+. The molecule has 2 N–H and O–H groups in total. The molecule has 0 aromatic heterocycles. The van der Waals surface area contributed by atoms with Crippen LogP contribution in [0.25, 0.3) is 0 Å². The van der Waals surface area contributed by atoms with Crippen LogP contribution in [0.1, 0.15) is 46.0 Å². The van der Waals surface area contributed by atoms with Crippen molar-refractivity contribution in [2.45, 2.75) is 52.0 Å². The van der Waals surface area contributed by atoms with Crippen LogP contribution in [0.5, 0.6) is 0 Å². The Balaban J connectivity index is 2.02. The molecule has 0 aliphatic carbocycles. The van der Waals surface area contributed by atoms with E-state index in [0.717, 1.165) is 19.5 Å². The second-order valence-corrected chi connectivity index (χ2v) is 5.58. The number of hydrogen-bond acceptors (Lipinski definition) is 3. The van der Waals surface area contributed by atoms with E-state index in [-0.39, 0.29) is 6.04 Å². The van der Waals surface area contributed by atoms with Gasteiger partial charge < -0.3 is 4.90 Å². The first-order valence-corrected chi connectivity index (χ1v) is 7.58. The van der Waals surface area contributed by atoms with Gasteiger partial charge in [0.15, 0.2) is 0 Å². The van der Waals surface area contributed by atoms with Gasteiger partial charge in [0, 0.05) is 13.1 Å². The second kappa shape index (κ2) is 6.80. The highest BCUT2D eigenvalue weighted by molar-refractivity contribution is 5.30. The molecule has 1 saturated heterocycles. The summed E-state index contributed by atoms with van der Waals surface area (Å²) in [5, 5.41) is 1.92. The van der Waals surface area contributed by atoms with Gasteiger partial charge in [-0.25, -0.2) is 5.84 Å². The van der Waals surface area contributed by atoms with Crippen LogP contribution in [-0.4, -0.2) is 29.0 Å². The highest BCUT2D eigenvalue weighted by Gasteiger charge is 2.24. The zero-order chi connectivity index (χ0) is 13.7. The predicted molar refractivity (Wildman–Crippen MR) is 81.1 cm³/mol. The maximum Gasteiger partial charge on any atom is 0.119 e. The van der Waals surface area contributed by atoms with Gasteiger partial charge in [0.05, 0.1) is 6.04 Å².